The Kier molecular flexibility index (Phi) is 4.85. The summed E-state index contributed by atoms with van der Waals surface area (Å²) in [6.45, 7) is 3.56. The Labute approximate surface area is 141 Å². The molecule has 3 heterocycles. The smallest absolute Gasteiger partial charge is 0.250 e. The molecule has 1 N–H and O–H groups in total. The van der Waals surface area contributed by atoms with Crippen molar-refractivity contribution in [3.8, 4) is 17.0 Å². The summed E-state index contributed by atoms with van der Waals surface area (Å²) in [6, 6.07) is 5.81. The number of rotatable bonds is 5. The van der Waals surface area contributed by atoms with Gasteiger partial charge in [0.2, 0.25) is 11.4 Å². The van der Waals surface area contributed by atoms with Crippen LogP contribution in [0.4, 0.5) is 5.82 Å². The molecule has 1 fully saturated rings. The van der Waals surface area contributed by atoms with Crippen LogP contribution in [0.2, 0.25) is 0 Å². The molecule has 1 aliphatic heterocycles. The molecule has 3 rings (SSSR count). The number of H-pyrrole nitrogens is 1. The lowest BCUT2D eigenvalue weighted by Gasteiger charge is -2.26. The summed E-state index contributed by atoms with van der Waals surface area (Å²) < 4.78 is 10.5. The summed E-state index contributed by atoms with van der Waals surface area (Å²) in [4.78, 5) is 21.6. The fourth-order valence-corrected chi connectivity index (χ4v) is 3.28. The summed E-state index contributed by atoms with van der Waals surface area (Å²) >= 11 is 0. The maximum atomic E-state index is 12.2. The molecule has 0 bridgehead atoms. The van der Waals surface area contributed by atoms with E-state index in [-0.39, 0.29) is 5.56 Å². The maximum absolute atomic E-state index is 12.2. The first-order valence-electron chi connectivity index (χ1n) is 8.13. The Balaban J connectivity index is 2.02. The molecule has 0 aromatic carbocycles. The topological polar surface area (TPSA) is 67.5 Å². The zero-order valence-electron chi connectivity index (χ0n) is 14.3. The van der Waals surface area contributed by atoms with Crippen molar-refractivity contribution in [2.75, 3.05) is 32.3 Å². The number of aryl methyl sites for hydroxylation is 1. The van der Waals surface area contributed by atoms with Crippen molar-refractivity contribution >= 4 is 5.82 Å². The van der Waals surface area contributed by atoms with Gasteiger partial charge in [0, 0.05) is 32.0 Å². The van der Waals surface area contributed by atoms with Gasteiger partial charge in [0.05, 0.1) is 19.8 Å². The number of aromatic nitrogens is 2. The van der Waals surface area contributed by atoms with Crippen molar-refractivity contribution in [2.45, 2.75) is 25.8 Å². The van der Waals surface area contributed by atoms with E-state index in [9.17, 15) is 4.79 Å². The van der Waals surface area contributed by atoms with Gasteiger partial charge in [-0.3, -0.25) is 4.79 Å². The van der Waals surface area contributed by atoms with Gasteiger partial charge in [-0.15, -0.1) is 0 Å². The molecule has 0 saturated carbocycles. The minimum atomic E-state index is -0.110. The number of methoxy groups -OCH3 is 2. The normalized spacial score (nSPS) is 17.3. The van der Waals surface area contributed by atoms with Crippen LogP contribution < -0.4 is 15.2 Å². The van der Waals surface area contributed by atoms with Crippen molar-refractivity contribution in [1.29, 1.82) is 0 Å². The molecule has 24 heavy (non-hydrogen) atoms. The maximum Gasteiger partial charge on any atom is 0.250 e. The lowest BCUT2D eigenvalue weighted by molar-refractivity contribution is 0.180. The average Bonchev–Trinajstić information content (AvgIpc) is 3.03. The Morgan fingerprint density at radius 1 is 1.33 bits per heavy atom. The van der Waals surface area contributed by atoms with E-state index in [1.54, 1.807) is 26.5 Å². The molecule has 1 aliphatic rings. The molecule has 6 nitrogen and oxygen atoms in total. The second kappa shape index (κ2) is 7.05. The van der Waals surface area contributed by atoms with Crippen LogP contribution in [0.1, 0.15) is 18.4 Å². The molecule has 128 valence electrons. The summed E-state index contributed by atoms with van der Waals surface area (Å²) in [5, 5.41) is 0. The molecule has 0 radical (unpaired) electrons. The number of aromatic amines is 1. The van der Waals surface area contributed by atoms with Gasteiger partial charge in [-0.1, -0.05) is 0 Å². The van der Waals surface area contributed by atoms with Crippen LogP contribution in [0.5, 0.6) is 5.88 Å². The Morgan fingerprint density at radius 2 is 2.17 bits per heavy atom. The van der Waals surface area contributed by atoms with Gasteiger partial charge in [-0.2, -0.15) is 0 Å². The van der Waals surface area contributed by atoms with Crippen LogP contribution in [-0.2, 0) is 4.74 Å². The zero-order valence-corrected chi connectivity index (χ0v) is 14.3. The largest absolute Gasteiger partial charge is 0.481 e. The van der Waals surface area contributed by atoms with E-state index in [0.717, 1.165) is 41.9 Å². The van der Waals surface area contributed by atoms with Crippen LogP contribution in [0.25, 0.3) is 11.1 Å². The van der Waals surface area contributed by atoms with E-state index < -0.39 is 0 Å². The SMILES string of the molecule is COCC1CCCN1c1cc(-c2cc(OC)ncc2C)cc(=O)[nH]1. The van der Waals surface area contributed by atoms with E-state index in [1.165, 1.54) is 0 Å². The zero-order chi connectivity index (χ0) is 17.1. The molecular formula is C18H23N3O3. The quantitative estimate of drug-likeness (QED) is 0.912. The van der Waals surface area contributed by atoms with E-state index in [2.05, 4.69) is 14.9 Å². The molecule has 1 saturated heterocycles. The standard InChI is InChI=1S/C18H23N3O3/c1-12-10-19-18(24-3)9-15(12)13-7-16(20-17(22)8-13)21-6-4-5-14(21)11-23-2/h7-10,14H,4-6,11H2,1-3H3,(H,20,22). The van der Waals surface area contributed by atoms with Crippen molar-refractivity contribution in [3.63, 3.8) is 0 Å². The highest BCUT2D eigenvalue weighted by molar-refractivity contribution is 5.70. The van der Waals surface area contributed by atoms with E-state index in [1.807, 2.05) is 19.1 Å². The van der Waals surface area contributed by atoms with E-state index in [0.29, 0.717) is 18.5 Å². The summed E-state index contributed by atoms with van der Waals surface area (Å²) in [5.74, 6) is 1.38. The van der Waals surface area contributed by atoms with Crippen LogP contribution in [-0.4, -0.2) is 43.4 Å². The Hall–Kier alpha value is -2.34. The minimum Gasteiger partial charge on any atom is -0.481 e. The van der Waals surface area contributed by atoms with Crippen molar-refractivity contribution in [2.24, 2.45) is 0 Å². The molecule has 6 heteroatoms. The fraction of sp³-hybridized carbons (Fsp3) is 0.444. The van der Waals surface area contributed by atoms with Crippen LogP contribution in [0.15, 0.2) is 29.2 Å². The first-order valence-corrected chi connectivity index (χ1v) is 8.13. The number of anilines is 1. The highest BCUT2D eigenvalue weighted by Crippen LogP contribution is 2.29. The highest BCUT2D eigenvalue weighted by atomic mass is 16.5. The van der Waals surface area contributed by atoms with Gasteiger partial charge in [-0.25, -0.2) is 4.98 Å². The summed E-state index contributed by atoms with van der Waals surface area (Å²) in [7, 11) is 3.30. The van der Waals surface area contributed by atoms with Crippen LogP contribution >= 0.6 is 0 Å². The molecule has 1 atom stereocenters. The number of nitrogens with zero attached hydrogens (tertiary/aromatic N) is 2. The number of pyridine rings is 2. The van der Waals surface area contributed by atoms with Crippen molar-refractivity contribution in [1.82, 2.24) is 9.97 Å². The molecule has 0 amide bonds. The Bertz CT molecular complexity index is 772. The third-order valence-electron chi connectivity index (χ3n) is 4.47. The Morgan fingerprint density at radius 3 is 2.92 bits per heavy atom. The summed E-state index contributed by atoms with van der Waals surface area (Å²) in [5.41, 5.74) is 2.72. The second-order valence-corrected chi connectivity index (χ2v) is 6.10. The second-order valence-electron chi connectivity index (χ2n) is 6.10. The molecule has 0 spiro atoms. The van der Waals surface area contributed by atoms with Gasteiger partial charge in [0.25, 0.3) is 0 Å². The molecule has 1 unspecified atom stereocenters. The minimum absolute atomic E-state index is 0.110. The van der Waals surface area contributed by atoms with E-state index in [4.69, 9.17) is 9.47 Å². The van der Waals surface area contributed by atoms with E-state index >= 15 is 0 Å². The lowest BCUT2D eigenvalue weighted by atomic mass is 10.0. The highest BCUT2D eigenvalue weighted by Gasteiger charge is 2.25. The van der Waals surface area contributed by atoms with Gasteiger partial charge in [-0.05, 0) is 42.5 Å². The fourth-order valence-electron chi connectivity index (χ4n) is 3.28. The van der Waals surface area contributed by atoms with Gasteiger partial charge < -0.3 is 19.4 Å². The van der Waals surface area contributed by atoms with Gasteiger partial charge in [0.1, 0.15) is 5.82 Å². The lowest BCUT2D eigenvalue weighted by Crippen LogP contribution is -2.34. The number of nitrogens with one attached hydrogen (secondary N) is 1. The number of hydrogen-bond donors (Lipinski definition) is 1. The molecule has 0 aliphatic carbocycles. The van der Waals surface area contributed by atoms with Crippen molar-refractivity contribution < 1.29 is 9.47 Å². The number of ether oxygens (including phenoxy) is 2. The first-order chi connectivity index (χ1) is 11.6. The average molecular weight is 329 g/mol. The van der Waals surface area contributed by atoms with Crippen LogP contribution in [0, 0.1) is 6.92 Å². The molecule has 2 aromatic rings. The third-order valence-corrected chi connectivity index (χ3v) is 4.47. The third kappa shape index (κ3) is 3.28. The molecule has 2 aromatic heterocycles. The van der Waals surface area contributed by atoms with Gasteiger partial charge >= 0.3 is 0 Å². The predicted octanol–water partition coefficient (Wildman–Crippen LogP) is 2.37. The first kappa shape index (κ1) is 16.5. The van der Waals surface area contributed by atoms with Crippen molar-refractivity contribution in [3.05, 3.63) is 40.3 Å². The summed E-state index contributed by atoms with van der Waals surface area (Å²) in [6.07, 6.45) is 3.93. The van der Waals surface area contributed by atoms with Gasteiger partial charge in [0.15, 0.2) is 0 Å². The van der Waals surface area contributed by atoms with Crippen LogP contribution in [0.3, 0.4) is 0 Å². The molecular weight excluding hydrogens is 306 g/mol. The number of hydrogen-bond acceptors (Lipinski definition) is 5. The monoisotopic (exact) mass is 329 g/mol. The predicted molar refractivity (Wildman–Crippen MR) is 93.8 cm³/mol.